The Bertz CT molecular complexity index is 1060. The van der Waals surface area contributed by atoms with Gasteiger partial charge in [0.05, 0.1) is 29.1 Å². The first kappa shape index (κ1) is 20.2. The van der Waals surface area contributed by atoms with Crippen LogP contribution in [0.15, 0.2) is 46.2 Å². The number of anilines is 2. The average molecular weight is 424 g/mol. The summed E-state index contributed by atoms with van der Waals surface area (Å²) in [7, 11) is -2.78. The Morgan fingerprint density at radius 2 is 2.04 bits per heavy atom. The van der Waals surface area contributed by atoms with Crippen molar-refractivity contribution >= 4 is 45.0 Å². The number of thioether (sulfide) groups is 1. The Labute approximate surface area is 165 Å². The van der Waals surface area contributed by atoms with Gasteiger partial charge in [0.25, 0.3) is 10.0 Å². The average Bonchev–Trinajstić information content (AvgIpc) is 2.65. The Morgan fingerprint density at radius 1 is 1.29 bits per heavy atom. The summed E-state index contributed by atoms with van der Waals surface area (Å²) in [5.41, 5.74) is 1.00. The molecule has 0 aromatic heterocycles. The molecule has 0 atom stereocenters. The summed E-state index contributed by atoms with van der Waals surface area (Å²) in [6.45, 7) is 1.28. The second-order valence-electron chi connectivity index (χ2n) is 6.04. The first-order valence-corrected chi connectivity index (χ1v) is 10.6. The summed E-state index contributed by atoms with van der Waals surface area (Å²) in [4.78, 5) is 25.7. The Morgan fingerprint density at radius 3 is 2.71 bits per heavy atom. The van der Waals surface area contributed by atoms with Crippen LogP contribution in [0.5, 0.6) is 0 Å². The SMILES string of the molecule is COC(=O)CN1C(=O)CSc2ccc(S(=O)(=O)Nc3ccc(F)cc3C)cc21. The van der Waals surface area contributed by atoms with Crippen molar-refractivity contribution < 1.29 is 27.1 Å². The Hall–Kier alpha value is -2.59. The highest BCUT2D eigenvalue weighted by Gasteiger charge is 2.29. The zero-order valence-electron chi connectivity index (χ0n) is 15.1. The van der Waals surface area contributed by atoms with E-state index in [2.05, 4.69) is 9.46 Å². The molecule has 0 saturated heterocycles. The molecule has 0 unspecified atom stereocenters. The lowest BCUT2D eigenvalue weighted by atomic mass is 10.2. The van der Waals surface area contributed by atoms with Gasteiger partial charge in [0.1, 0.15) is 12.4 Å². The van der Waals surface area contributed by atoms with E-state index in [1.165, 1.54) is 48.0 Å². The van der Waals surface area contributed by atoms with E-state index in [9.17, 15) is 22.4 Å². The molecule has 1 N–H and O–H groups in total. The largest absolute Gasteiger partial charge is 0.468 e. The van der Waals surface area contributed by atoms with Crippen LogP contribution in [0.1, 0.15) is 5.56 Å². The zero-order valence-corrected chi connectivity index (χ0v) is 16.7. The summed E-state index contributed by atoms with van der Waals surface area (Å²) in [5, 5.41) is 0. The molecule has 2 aromatic rings. The molecule has 0 spiro atoms. The third-order valence-electron chi connectivity index (χ3n) is 4.13. The topological polar surface area (TPSA) is 92.8 Å². The second-order valence-corrected chi connectivity index (χ2v) is 8.74. The molecule has 28 heavy (non-hydrogen) atoms. The lowest BCUT2D eigenvalue weighted by Gasteiger charge is -2.28. The van der Waals surface area contributed by atoms with Crippen LogP contribution in [0, 0.1) is 12.7 Å². The molecule has 0 aliphatic carbocycles. The van der Waals surface area contributed by atoms with E-state index in [0.29, 0.717) is 16.1 Å². The van der Waals surface area contributed by atoms with Gasteiger partial charge in [-0.25, -0.2) is 12.8 Å². The van der Waals surface area contributed by atoms with Crippen molar-refractivity contribution in [3.05, 3.63) is 47.8 Å². The van der Waals surface area contributed by atoms with Crippen LogP contribution in [-0.4, -0.2) is 39.7 Å². The molecule has 1 aliphatic heterocycles. The number of hydrogen-bond acceptors (Lipinski definition) is 6. The Balaban J connectivity index is 1.97. The maximum atomic E-state index is 13.3. The van der Waals surface area contributed by atoms with Crippen molar-refractivity contribution in [2.75, 3.05) is 29.0 Å². The molecule has 1 heterocycles. The maximum Gasteiger partial charge on any atom is 0.325 e. The lowest BCUT2D eigenvalue weighted by molar-refractivity contribution is -0.139. The van der Waals surface area contributed by atoms with Crippen LogP contribution in [0.2, 0.25) is 0 Å². The number of nitrogens with one attached hydrogen (secondary N) is 1. The smallest absolute Gasteiger partial charge is 0.325 e. The number of sulfonamides is 1. The molecule has 0 saturated carbocycles. The number of carbonyl (C=O) groups excluding carboxylic acids is 2. The number of amides is 1. The summed E-state index contributed by atoms with van der Waals surface area (Å²) < 4.78 is 45.9. The number of nitrogens with zero attached hydrogens (tertiary/aromatic N) is 1. The van der Waals surface area contributed by atoms with Crippen molar-refractivity contribution in [2.24, 2.45) is 0 Å². The molecule has 2 aromatic carbocycles. The summed E-state index contributed by atoms with van der Waals surface area (Å²) in [6, 6.07) is 8.05. The van der Waals surface area contributed by atoms with E-state index in [-0.39, 0.29) is 28.8 Å². The van der Waals surface area contributed by atoms with Gasteiger partial charge in [-0.05, 0) is 48.9 Å². The van der Waals surface area contributed by atoms with Crippen LogP contribution in [0.25, 0.3) is 0 Å². The van der Waals surface area contributed by atoms with Gasteiger partial charge >= 0.3 is 5.97 Å². The number of ether oxygens (including phenoxy) is 1. The third kappa shape index (κ3) is 4.12. The highest BCUT2D eigenvalue weighted by atomic mass is 32.2. The van der Waals surface area contributed by atoms with Crippen LogP contribution < -0.4 is 9.62 Å². The van der Waals surface area contributed by atoms with Gasteiger partial charge in [-0.3, -0.25) is 19.2 Å². The van der Waals surface area contributed by atoms with Gasteiger partial charge in [-0.1, -0.05) is 0 Å². The van der Waals surface area contributed by atoms with Crippen LogP contribution in [0.3, 0.4) is 0 Å². The zero-order chi connectivity index (χ0) is 20.5. The number of methoxy groups -OCH3 is 1. The molecule has 3 rings (SSSR count). The quantitative estimate of drug-likeness (QED) is 0.742. The summed E-state index contributed by atoms with van der Waals surface area (Å²) in [5.74, 6) is -1.26. The van der Waals surface area contributed by atoms with Gasteiger partial charge < -0.3 is 4.74 Å². The molecule has 0 fully saturated rings. The van der Waals surface area contributed by atoms with Crippen molar-refractivity contribution in [3.8, 4) is 0 Å². The van der Waals surface area contributed by atoms with E-state index in [0.717, 1.165) is 6.07 Å². The minimum absolute atomic E-state index is 0.0832. The third-order valence-corrected chi connectivity index (χ3v) is 6.54. The van der Waals surface area contributed by atoms with E-state index >= 15 is 0 Å². The fourth-order valence-electron chi connectivity index (χ4n) is 2.66. The van der Waals surface area contributed by atoms with Gasteiger partial charge in [0, 0.05) is 4.90 Å². The van der Waals surface area contributed by atoms with E-state index < -0.39 is 21.8 Å². The molecule has 0 radical (unpaired) electrons. The molecule has 10 heteroatoms. The Kier molecular flexibility index (Phi) is 5.61. The monoisotopic (exact) mass is 424 g/mol. The predicted molar refractivity (Wildman–Crippen MR) is 103 cm³/mol. The van der Waals surface area contributed by atoms with Crippen molar-refractivity contribution in [3.63, 3.8) is 0 Å². The van der Waals surface area contributed by atoms with Gasteiger partial charge in [0.15, 0.2) is 0 Å². The number of halogens is 1. The molecule has 7 nitrogen and oxygen atoms in total. The van der Waals surface area contributed by atoms with Gasteiger partial charge in [-0.15, -0.1) is 11.8 Å². The van der Waals surface area contributed by atoms with Crippen LogP contribution in [-0.2, 0) is 24.3 Å². The summed E-state index contributed by atoms with van der Waals surface area (Å²) >= 11 is 1.26. The molecule has 1 aliphatic rings. The first-order chi connectivity index (χ1) is 13.2. The minimum atomic E-state index is -3.99. The maximum absolute atomic E-state index is 13.3. The van der Waals surface area contributed by atoms with Crippen molar-refractivity contribution in [2.45, 2.75) is 16.7 Å². The molecule has 148 valence electrons. The lowest BCUT2D eigenvalue weighted by Crippen LogP contribution is -2.39. The normalized spacial score (nSPS) is 13.8. The fourth-order valence-corrected chi connectivity index (χ4v) is 4.73. The number of carbonyl (C=O) groups is 2. The minimum Gasteiger partial charge on any atom is -0.468 e. The van der Waals surface area contributed by atoms with E-state index in [1.807, 2.05) is 0 Å². The standard InChI is InChI=1S/C18H17FN2O5S2/c1-11-7-12(19)3-5-14(11)20-28(24,25)13-4-6-16-15(8-13)21(9-18(23)26-2)17(22)10-27-16/h3-8,20H,9-10H2,1-2H3. The number of esters is 1. The molecule has 1 amide bonds. The number of aryl methyl sites for hydroxylation is 1. The number of rotatable bonds is 5. The highest BCUT2D eigenvalue weighted by Crippen LogP contribution is 2.37. The number of fused-ring (bicyclic) bond motifs is 1. The van der Waals surface area contributed by atoms with Gasteiger partial charge in [-0.2, -0.15) is 0 Å². The second kappa shape index (κ2) is 7.80. The van der Waals surface area contributed by atoms with Gasteiger partial charge in [0.2, 0.25) is 5.91 Å². The fraction of sp³-hybridized carbons (Fsp3) is 0.222. The molecular formula is C18H17FN2O5S2. The van der Waals surface area contributed by atoms with Crippen molar-refractivity contribution in [1.82, 2.24) is 0 Å². The van der Waals surface area contributed by atoms with Crippen LogP contribution in [0.4, 0.5) is 15.8 Å². The number of benzene rings is 2. The highest BCUT2D eigenvalue weighted by molar-refractivity contribution is 8.00. The molecular weight excluding hydrogens is 407 g/mol. The van der Waals surface area contributed by atoms with E-state index in [1.54, 1.807) is 13.0 Å². The predicted octanol–water partition coefficient (Wildman–Crippen LogP) is 2.55. The summed E-state index contributed by atoms with van der Waals surface area (Å²) in [6.07, 6.45) is 0. The molecule has 0 bridgehead atoms. The van der Waals surface area contributed by atoms with E-state index in [4.69, 9.17) is 0 Å². The number of hydrogen-bond donors (Lipinski definition) is 1. The first-order valence-electron chi connectivity index (χ1n) is 8.14. The van der Waals surface area contributed by atoms with Crippen molar-refractivity contribution in [1.29, 1.82) is 0 Å². The van der Waals surface area contributed by atoms with Crippen LogP contribution >= 0.6 is 11.8 Å².